The molecule has 1 heterocycles. The summed E-state index contributed by atoms with van der Waals surface area (Å²) in [5, 5.41) is 13.0. The standard InChI is InChI=1S/C18H23NO4/c1-4-14-6-8-15(9-7-14)22-11-17(20)19-12-18(3,21)16-10-5-13(2)23-16/h5-10,21H,4,11-12H2,1-3H3,(H,19,20). The van der Waals surface area contributed by atoms with Crippen LogP contribution < -0.4 is 10.1 Å². The third kappa shape index (κ3) is 4.86. The van der Waals surface area contributed by atoms with Gasteiger partial charge in [-0.2, -0.15) is 0 Å². The molecule has 1 amide bonds. The summed E-state index contributed by atoms with van der Waals surface area (Å²) in [5.41, 5.74) is -0.0428. The van der Waals surface area contributed by atoms with Crippen molar-refractivity contribution in [3.8, 4) is 5.75 Å². The van der Waals surface area contributed by atoms with E-state index in [4.69, 9.17) is 9.15 Å². The van der Waals surface area contributed by atoms with Gasteiger partial charge >= 0.3 is 0 Å². The lowest BCUT2D eigenvalue weighted by atomic mass is 10.0. The van der Waals surface area contributed by atoms with Gasteiger partial charge in [-0.05, 0) is 50.1 Å². The molecule has 5 heteroatoms. The summed E-state index contributed by atoms with van der Waals surface area (Å²) in [7, 11) is 0. The van der Waals surface area contributed by atoms with E-state index in [1.807, 2.05) is 24.3 Å². The van der Waals surface area contributed by atoms with E-state index < -0.39 is 5.60 Å². The van der Waals surface area contributed by atoms with E-state index >= 15 is 0 Å². The van der Waals surface area contributed by atoms with Crippen molar-refractivity contribution >= 4 is 5.91 Å². The molecule has 2 rings (SSSR count). The fourth-order valence-electron chi connectivity index (χ4n) is 2.10. The van der Waals surface area contributed by atoms with Gasteiger partial charge in [0.15, 0.2) is 6.61 Å². The van der Waals surface area contributed by atoms with Crippen molar-refractivity contribution in [3.05, 3.63) is 53.5 Å². The molecule has 0 radical (unpaired) electrons. The fourth-order valence-corrected chi connectivity index (χ4v) is 2.10. The zero-order valence-corrected chi connectivity index (χ0v) is 13.8. The Morgan fingerprint density at radius 3 is 2.52 bits per heavy atom. The van der Waals surface area contributed by atoms with Gasteiger partial charge in [0, 0.05) is 0 Å². The van der Waals surface area contributed by atoms with E-state index in [2.05, 4.69) is 12.2 Å². The smallest absolute Gasteiger partial charge is 0.258 e. The highest BCUT2D eigenvalue weighted by Gasteiger charge is 2.27. The number of carbonyl (C=O) groups is 1. The second kappa shape index (κ2) is 7.33. The predicted octanol–water partition coefficient (Wildman–Crippen LogP) is 2.55. The molecular formula is C18H23NO4. The Bertz CT molecular complexity index is 643. The van der Waals surface area contributed by atoms with Gasteiger partial charge in [0.2, 0.25) is 0 Å². The Balaban J connectivity index is 1.80. The minimum absolute atomic E-state index is 0.0525. The van der Waals surface area contributed by atoms with E-state index in [-0.39, 0.29) is 19.1 Å². The van der Waals surface area contributed by atoms with Gasteiger partial charge in [-0.25, -0.2) is 0 Å². The summed E-state index contributed by atoms with van der Waals surface area (Å²) in [4.78, 5) is 11.8. The Hall–Kier alpha value is -2.27. The number of rotatable bonds is 7. The third-order valence-corrected chi connectivity index (χ3v) is 3.60. The first-order valence-corrected chi connectivity index (χ1v) is 7.68. The number of hydrogen-bond acceptors (Lipinski definition) is 4. The first-order chi connectivity index (χ1) is 10.9. The molecule has 0 aliphatic carbocycles. The van der Waals surface area contributed by atoms with Crippen molar-refractivity contribution in [1.82, 2.24) is 5.32 Å². The van der Waals surface area contributed by atoms with E-state index in [1.165, 1.54) is 5.56 Å². The summed E-state index contributed by atoms with van der Waals surface area (Å²) in [6.07, 6.45) is 0.960. The molecule has 0 saturated heterocycles. The second-order valence-electron chi connectivity index (χ2n) is 5.75. The Morgan fingerprint density at radius 2 is 1.96 bits per heavy atom. The molecule has 1 aromatic heterocycles. The lowest BCUT2D eigenvalue weighted by Crippen LogP contribution is -2.40. The molecule has 124 valence electrons. The lowest BCUT2D eigenvalue weighted by molar-refractivity contribution is -0.124. The molecule has 1 atom stereocenters. The maximum absolute atomic E-state index is 11.8. The number of hydrogen-bond donors (Lipinski definition) is 2. The van der Waals surface area contributed by atoms with Crippen LogP contribution >= 0.6 is 0 Å². The average Bonchev–Trinajstić information content (AvgIpc) is 2.99. The molecule has 0 saturated carbocycles. The SMILES string of the molecule is CCc1ccc(OCC(=O)NCC(C)(O)c2ccc(C)o2)cc1. The number of benzene rings is 1. The molecule has 0 bridgehead atoms. The normalized spacial score (nSPS) is 13.4. The maximum atomic E-state index is 11.8. The van der Waals surface area contributed by atoms with Crippen LogP contribution in [0.25, 0.3) is 0 Å². The van der Waals surface area contributed by atoms with Gasteiger partial charge in [-0.1, -0.05) is 19.1 Å². The number of furan rings is 1. The van der Waals surface area contributed by atoms with Crippen molar-refractivity contribution in [2.75, 3.05) is 13.2 Å². The molecule has 23 heavy (non-hydrogen) atoms. The van der Waals surface area contributed by atoms with Crippen LogP contribution in [0.2, 0.25) is 0 Å². The van der Waals surface area contributed by atoms with Crippen LogP contribution in [0.3, 0.4) is 0 Å². The largest absolute Gasteiger partial charge is 0.484 e. The van der Waals surface area contributed by atoms with Crippen LogP contribution in [0.4, 0.5) is 0 Å². The van der Waals surface area contributed by atoms with Gasteiger partial charge in [0.05, 0.1) is 6.54 Å². The van der Waals surface area contributed by atoms with Crippen molar-refractivity contribution in [3.63, 3.8) is 0 Å². The summed E-state index contributed by atoms with van der Waals surface area (Å²) in [5.74, 6) is 1.48. The molecule has 0 aliphatic heterocycles. The quantitative estimate of drug-likeness (QED) is 0.823. The van der Waals surface area contributed by atoms with E-state index in [0.29, 0.717) is 17.3 Å². The number of nitrogens with one attached hydrogen (secondary N) is 1. The van der Waals surface area contributed by atoms with Gasteiger partial charge in [-0.3, -0.25) is 4.79 Å². The number of aliphatic hydroxyl groups is 1. The molecule has 0 aliphatic rings. The molecule has 1 unspecified atom stereocenters. The zero-order chi connectivity index (χ0) is 16.9. The molecule has 0 spiro atoms. The highest BCUT2D eigenvalue weighted by atomic mass is 16.5. The minimum atomic E-state index is -1.26. The van der Waals surface area contributed by atoms with Crippen LogP contribution in [0.5, 0.6) is 5.75 Å². The number of aryl methyl sites for hydroxylation is 2. The molecule has 5 nitrogen and oxygen atoms in total. The van der Waals surface area contributed by atoms with Gasteiger partial charge in [0.1, 0.15) is 22.9 Å². The van der Waals surface area contributed by atoms with Crippen LogP contribution in [-0.4, -0.2) is 24.2 Å². The highest BCUT2D eigenvalue weighted by Crippen LogP contribution is 2.21. The Morgan fingerprint density at radius 1 is 1.26 bits per heavy atom. The molecule has 2 N–H and O–H groups in total. The average molecular weight is 317 g/mol. The van der Waals surface area contributed by atoms with Gasteiger partial charge in [0.25, 0.3) is 5.91 Å². The summed E-state index contributed by atoms with van der Waals surface area (Å²) < 4.78 is 10.8. The third-order valence-electron chi connectivity index (χ3n) is 3.60. The van der Waals surface area contributed by atoms with Crippen molar-refractivity contribution in [1.29, 1.82) is 0 Å². The predicted molar refractivity (Wildman–Crippen MR) is 87.3 cm³/mol. The minimum Gasteiger partial charge on any atom is -0.484 e. The summed E-state index contributed by atoms with van der Waals surface area (Å²) >= 11 is 0. The number of carbonyl (C=O) groups excluding carboxylic acids is 1. The molecule has 1 aromatic carbocycles. The summed E-state index contributed by atoms with van der Waals surface area (Å²) in [6, 6.07) is 11.1. The molecule has 2 aromatic rings. The van der Waals surface area contributed by atoms with Crippen molar-refractivity contribution < 1.29 is 19.1 Å². The van der Waals surface area contributed by atoms with Crippen molar-refractivity contribution in [2.45, 2.75) is 32.8 Å². The zero-order valence-electron chi connectivity index (χ0n) is 13.8. The Labute approximate surface area is 136 Å². The van der Waals surface area contributed by atoms with Crippen LogP contribution in [0.15, 0.2) is 40.8 Å². The van der Waals surface area contributed by atoms with E-state index in [0.717, 1.165) is 6.42 Å². The topological polar surface area (TPSA) is 71.7 Å². The van der Waals surface area contributed by atoms with Crippen LogP contribution in [-0.2, 0) is 16.8 Å². The number of ether oxygens (including phenoxy) is 1. The van der Waals surface area contributed by atoms with Crippen LogP contribution in [0, 0.1) is 6.92 Å². The van der Waals surface area contributed by atoms with E-state index in [9.17, 15) is 9.90 Å². The fraction of sp³-hybridized carbons (Fsp3) is 0.389. The molecular weight excluding hydrogens is 294 g/mol. The summed E-state index contributed by atoms with van der Waals surface area (Å²) in [6.45, 7) is 5.43. The first kappa shape index (κ1) is 17.1. The monoisotopic (exact) mass is 317 g/mol. The maximum Gasteiger partial charge on any atom is 0.258 e. The van der Waals surface area contributed by atoms with E-state index in [1.54, 1.807) is 26.0 Å². The lowest BCUT2D eigenvalue weighted by Gasteiger charge is -2.21. The van der Waals surface area contributed by atoms with Gasteiger partial charge in [-0.15, -0.1) is 0 Å². The number of amides is 1. The first-order valence-electron chi connectivity index (χ1n) is 7.68. The Kier molecular flexibility index (Phi) is 5.45. The molecule has 0 fully saturated rings. The van der Waals surface area contributed by atoms with Crippen LogP contribution in [0.1, 0.15) is 30.9 Å². The highest BCUT2D eigenvalue weighted by molar-refractivity contribution is 5.77. The van der Waals surface area contributed by atoms with Crippen molar-refractivity contribution in [2.24, 2.45) is 0 Å². The van der Waals surface area contributed by atoms with Gasteiger partial charge < -0.3 is 19.6 Å². The second-order valence-corrected chi connectivity index (χ2v) is 5.75.